The molecule has 0 aliphatic carbocycles. The van der Waals surface area contributed by atoms with Crippen molar-refractivity contribution in [2.24, 2.45) is 0 Å². The lowest BCUT2D eigenvalue weighted by atomic mass is 10.2. The zero-order valence-corrected chi connectivity index (χ0v) is 18.5. The number of fused-ring (bicyclic) bond motifs is 1. The maximum atomic E-state index is 11.3. The molecule has 1 aromatic heterocycles. The number of rotatable bonds is 11. The van der Waals surface area contributed by atoms with Crippen LogP contribution in [-0.2, 0) is 17.8 Å². The number of halogens is 1. The Hall–Kier alpha value is -2.53. The summed E-state index contributed by atoms with van der Waals surface area (Å²) in [7, 11) is 0. The molecule has 3 rings (SSSR count). The normalized spacial score (nSPS) is 11.0. The van der Waals surface area contributed by atoms with Gasteiger partial charge in [-0.2, -0.15) is 0 Å². The quantitative estimate of drug-likeness (QED) is 0.421. The summed E-state index contributed by atoms with van der Waals surface area (Å²) in [6, 6.07) is 14.0. The van der Waals surface area contributed by atoms with E-state index < -0.39 is 0 Å². The van der Waals surface area contributed by atoms with E-state index in [1.807, 2.05) is 44.2 Å². The molecule has 0 saturated carbocycles. The summed E-state index contributed by atoms with van der Waals surface area (Å²) < 4.78 is 8.22. The predicted octanol–water partition coefficient (Wildman–Crippen LogP) is 5.32. The second-order valence-electron chi connectivity index (χ2n) is 7.44. The predicted molar refractivity (Wildman–Crippen MR) is 122 cm³/mol. The van der Waals surface area contributed by atoms with Gasteiger partial charge in [0.25, 0.3) is 0 Å². The molecule has 6 heteroatoms. The number of carbonyl (C=O) groups is 1. The van der Waals surface area contributed by atoms with Gasteiger partial charge in [-0.05, 0) is 55.7 Å². The topological polar surface area (TPSA) is 56.2 Å². The molecule has 30 heavy (non-hydrogen) atoms. The minimum Gasteiger partial charge on any atom is -0.492 e. The van der Waals surface area contributed by atoms with Crippen molar-refractivity contribution in [1.29, 1.82) is 0 Å². The molecule has 1 N–H and O–H groups in total. The maximum absolute atomic E-state index is 11.3. The van der Waals surface area contributed by atoms with Crippen molar-refractivity contribution >= 4 is 28.5 Å². The second-order valence-corrected chi connectivity index (χ2v) is 7.85. The third-order valence-corrected chi connectivity index (χ3v) is 5.59. The molecule has 3 aromatic rings. The number of nitrogens with zero attached hydrogens (tertiary/aromatic N) is 2. The summed E-state index contributed by atoms with van der Waals surface area (Å²) in [5, 5.41) is 3.68. The highest BCUT2D eigenvalue weighted by Crippen LogP contribution is 2.22. The van der Waals surface area contributed by atoms with Crippen molar-refractivity contribution in [2.75, 3.05) is 13.2 Å². The van der Waals surface area contributed by atoms with Crippen LogP contribution >= 0.6 is 11.6 Å². The van der Waals surface area contributed by atoms with E-state index >= 15 is 0 Å². The van der Waals surface area contributed by atoms with Crippen LogP contribution in [0.25, 0.3) is 11.0 Å². The van der Waals surface area contributed by atoms with Crippen LogP contribution in [0.15, 0.2) is 42.5 Å². The van der Waals surface area contributed by atoms with Gasteiger partial charge >= 0.3 is 0 Å². The molecule has 0 unspecified atom stereocenters. The molecular formula is C24H30ClN3O2. The monoisotopic (exact) mass is 427 g/mol. The summed E-state index contributed by atoms with van der Waals surface area (Å²) in [6.07, 6.45) is 4.56. The van der Waals surface area contributed by atoms with E-state index in [0.717, 1.165) is 72.0 Å². The van der Waals surface area contributed by atoms with Gasteiger partial charge in [0, 0.05) is 24.4 Å². The lowest BCUT2D eigenvalue weighted by molar-refractivity contribution is -0.120. The van der Waals surface area contributed by atoms with Gasteiger partial charge in [-0.1, -0.05) is 37.1 Å². The van der Waals surface area contributed by atoms with Crippen molar-refractivity contribution in [2.45, 2.75) is 52.5 Å². The number of unbranched alkanes of at least 4 members (excludes halogenated alkanes) is 2. The van der Waals surface area contributed by atoms with Gasteiger partial charge in [0.1, 0.15) is 18.2 Å². The van der Waals surface area contributed by atoms with Crippen LogP contribution in [0.1, 0.15) is 44.0 Å². The molecule has 0 bridgehead atoms. The minimum absolute atomic E-state index is 0.118. The van der Waals surface area contributed by atoms with Crippen LogP contribution in [0, 0.1) is 6.92 Å². The number of hydrogen-bond donors (Lipinski definition) is 1. The van der Waals surface area contributed by atoms with Crippen LogP contribution in [0.5, 0.6) is 5.75 Å². The van der Waals surface area contributed by atoms with Crippen LogP contribution < -0.4 is 10.1 Å². The van der Waals surface area contributed by atoms with E-state index in [-0.39, 0.29) is 5.91 Å². The number of carbonyl (C=O) groups excluding carboxylic acids is 1. The highest BCUT2D eigenvalue weighted by atomic mass is 35.5. The van der Waals surface area contributed by atoms with Gasteiger partial charge in [-0.15, -0.1) is 0 Å². The number of hydrogen-bond acceptors (Lipinski definition) is 3. The second kappa shape index (κ2) is 11.0. The van der Waals surface area contributed by atoms with Crippen molar-refractivity contribution in [3.05, 3.63) is 58.9 Å². The Morgan fingerprint density at radius 1 is 1.17 bits per heavy atom. The zero-order chi connectivity index (χ0) is 21.3. The third-order valence-electron chi connectivity index (χ3n) is 5.17. The Morgan fingerprint density at radius 2 is 2.00 bits per heavy atom. The Labute approximate surface area is 183 Å². The van der Waals surface area contributed by atoms with Gasteiger partial charge in [0.2, 0.25) is 5.91 Å². The molecule has 0 atom stereocenters. The van der Waals surface area contributed by atoms with Crippen LogP contribution in [0.4, 0.5) is 0 Å². The van der Waals surface area contributed by atoms with Crippen LogP contribution in [0.3, 0.4) is 0 Å². The fraction of sp³-hybridized carbons (Fsp3) is 0.417. The first-order chi connectivity index (χ1) is 14.6. The summed E-state index contributed by atoms with van der Waals surface area (Å²) >= 11 is 6.10. The molecule has 160 valence electrons. The van der Waals surface area contributed by atoms with E-state index in [2.05, 4.69) is 22.0 Å². The summed E-state index contributed by atoms with van der Waals surface area (Å²) in [5.74, 6) is 2.04. The van der Waals surface area contributed by atoms with Gasteiger partial charge in [0.15, 0.2) is 0 Å². The average molecular weight is 428 g/mol. The van der Waals surface area contributed by atoms with E-state index in [9.17, 15) is 4.79 Å². The van der Waals surface area contributed by atoms with Crippen molar-refractivity contribution in [3.8, 4) is 5.75 Å². The summed E-state index contributed by atoms with van der Waals surface area (Å²) in [4.78, 5) is 16.1. The number of para-hydroxylation sites is 2. The fourth-order valence-electron chi connectivity index (χ4n) is 3.47. The third kappa shape index (κ3) is 5.99. The minimum atomic E-state index is 0.118. The molecule has 1 amide bonds. The number of imidazole rings is 1. The Bertz CT molecular complexity index is 984. The Balaban J connectivity index is 1.57. The lowest BCUT2D eigenvalue weighted by Crippen LogP contribution is -2.23. The van der Waals surface area contributed by atoms with Crippen molar-refractivity contribution in [3.63, 3.8) is 0 Å². The Morgan fingerprint density at radius 3 is 2.80 bits per heavy atom. The molecule has 1 heterocycles. The average Bonchev–Trinajstić information content (AvgIpc) is 3.10. The number of nitrogens with one attached hydrogen (secondary N) is 1. The highest BCUT2D eigenvalue weighted by Gasteiger charge is 2.10. The first-order valence-electron chi connectivity index (χ1n) is 10.7. The summed E-state index contributed by atoms with van der Waals surface area (Å²) in [6.45, 7) is 5.90. The number of aryl methyl sites for hydroxylation is 2. The highest BCUT2D eigenvalue weighted by molar-refractivity contribution is 6.31. The van der Waals surface area contributed by atoms with Crippen molar-refractivity contribution in [1.82, 2.24) is 14.9 Å². The number of benzene rings is 2. The van der Waals surface area contributed by atoms with E-state index in [4.69, 9.17) is 21.3 Å². The van der Waals surface area contributed by atoms with Gasteiger partial charge in [0.05, 0.1) is 17.6 Å². The molecule has 0 aliphatic heterocycles. The largest absolute Gasteiger partial charge is 0.492 e. The van der Waals surface area contributed by atoms with Crippen molar-refractivity contribution < 1.29 is 9.53 Å². The molecule has 0 radical (unpaired) electrons. The first kappa shape index (κ1) is 22.2. The number of ether oxygens (including phenoxy) is 1. The maximum Gasteiger partial charge on any atom is 0.219 e. The van der Waals surface area contributed by atoms with Gasteiger partial charge in [-0.3, -0.25) is 4.79 Å². The lowest BCUT2D eigenvalue weighted by Gasteiger charge is -2.12. The first-order valence-corrected chi connectivity index (χ1v) is 11.1. The molecule has 5 nitrogen and oxygen atoms in total. The molecule has 0 aliphatic rings. The fourth-order valence-corrected chi connectivity index (χ4v) is 3.58. The van der Waals surface area contributed by atoms with E-state index in [0.29, 0.717) is 13.0 Å². The SMILES string of the molecule is CCC(=O)NCCCCCc1nc2ccccc2n1CCOc1ccc(Cl)c(C)c1. The molecule has 0 spiro atoms. The molecule has 2 aromatic carbocycles. The van der Waals surface area contributed by atoms with Crippen LogP contribution in [0.2, 0.25) is 5.02 Å². The molecule has 0 saturated heterocycles. The van der Waals surface area contributed by atoms with Gasteiger partial charge in [-0.25, -0.2) is 4.98 Å². The van der Waals surface area contributed by atoms with Crippen LogP contribution in [-0.4, -0.2) is 28.6 Å². The number of aromatic nitrogens is 2. The van der Waals surface area contributed by atoms with Gasteiger partial charge < -0.3 is 14.6 Å². The Kier molecular flexibility index (Phi) is 8.14. The zero-order valence-electron chi connectivity index (χ0n) is 17.8. The standard InChI is InChI=1S/C24H30ClN3O2/c1-3-24(29)26-14-8-4-5-11-23-27-21-9-6-7-10-22(21)28(23)15-16-30-19-12-13-20(25)18(2)17-19/h6-7,9-10,12-13,17H,3-5,8,11,14-16H2,1-2H3,(H,26,29). The summed E-state index contributed by atoms with van der Waals surface area (Å²) in [5.41, 5.74) is 3.17. The molecule has 0 fully saturated rings. The van der Waals surface area contributed by atoms with E-state index in [1.54, 1.807) is 0 Å². The van der Waals surface area contributed by atoms with E-state index in [1.165, 1.54) is 0 Å². The number of amides is 1. The molecular weight excluding hydrogens is 398 g/mol. The smallest absolute Gasteiger partial charge is 0.219 e.